The summed E-state index contributed by atoms with van der Waals surface area (Å²) >= 11 is 0. The Hall–Kier alpha value is -2.25. The Morgan fingerprint density at radius 3 is 2.44 bits per heavy atom. The number of hydrogen-bond acceptors (Lipinski definition) is 3. The third kappa shape index (κ3) is 5.61. The van der Waals surface area contributed by atoms with Gasteiger partial charge < -0.3 is 15.4 Å². The number of para-hydroxylation sites is 1. The van der Waals surface area contributed by atoms with Gasteiger partial charge in [-0.05, 0) is 30.7 Å². The molecule has 2 aromatic rings. The number of halogens is 4. The number of piperidine rings is 1. The first-order valence-electron chi connectivity index (χ1n) is 8.35. The van der Waals surface area contributed by atoms with Gasteiger partial charge in [-0.25, -0.2) is 0 Å². The molecule has 0 unspecified atom stereocenters. The van der Waals surface area contributed by atoms with Crippen LogP contribution in [0.3, 0.4) is 0 Å². The lowest BCUT2D eigenvalue weighted by Gasteiger charge is -2.33. The molecule has 1 heterocycles. The van der Waals surface area contributed by atoms with Gasteiger partial charge in [-0.15, -0.1) is 25.6 Å². The van der Waals surface area contributed by atoms with Gasteiger partial charge >= 0.3 is 6.36 Å². The highest BCUT2D eigenvalue weighted by molar-refractivity contribution is 5.97. The van der Waals surface area contributed by atoms with Crippen molar-refractivity contribution in [3.05, 3.63) is 65.7 Å². The molecule has 146 valence electrons. The van der Waals surface area contributed by atoms with Crippen LogP contribution in [0.15, 0.2) is 54.6 Å². The van der Waals surface area contributed by atoms with Gasteiger partial charge in [-0.1, -0.05) is 42.5 Å². The fraction of sp³-hybridized carbons (Fsp3) is 0.316. The molecule has 1 aliphatic heterocycles. The van der Waals surface area contributed by atoms with Crippen molar-refractivity contribution >= 4 is 18.3 Å². The number of hydrogen-bond donors (Lipinski definition) is 2. The smallest absolute Gasteiger partial charge is 0.405 e. The summed E-state index contributed by atoms with van der Waals surface area (Å²) in [7, 11) is 0. The number of nitrogens with one attached hydrogen (secondary N) is 2. The SMILES string of the molecule is Cl.O=C(N[C@@H]1CCNC[C@@H]1c1ccccc1)c1ccccc1OC(F)(F)F. The third-order valence-corrected chi connectivity index (χ3v) is 4.38. The van der Waals surface area contributed by atoms with Gasteiger partial charge in [0.1, 0.15) is 5.75 Å². The maximum absolute atomic E-state index is 12.6. The highest BCUT2D eigenvalue weighted by Crippen LogP contribution is 2.28. The monoisotopic (exact) mass is 400 g/mol. The average molecular weight is 401 g/mol. The van der Waals surface area contributed by atoms with Crippen LogP contribution in [0.1, 0.15) is 28.3 Å². The second kappa shape index (κ2) is 9.10. The molecule has 3 rings (SSSR count). The molecule has 27 heavy (non-hydrogen) atoms. The molecule has 1 amide bonds. The van der Waals surface area contributed by atoms with Gasteiger partial charge in [0, 0.05) is 18.5 Å². The largest absolute Gasteiger partial charge is 0.573 e. The van der Waals surface area contributed by atoms with Crippen LogP contribution in [0.25, 0.3) is 0 Å². The van der Waals surface area contributed by atoms with Crippen LogP contribution in [0, 0.1) is 0 Å². The lowest BCUT2D eigenvalue weighted by molar-refractivity contribution is -0.274. The van der Waals surface area contributed by atoms with Gasteiger partial charge in [0.25, 0.3) is 5.91 Å². The lowest BCUT2D eigenvalue weighted by atomic mass is 9.86. The summed E-state index contributed by atoms with van der Waals surface area (Å²) in [5.41, 5.74) is 0.944. The first-order valence-corrected chi connectivity index (χ1v) is 8.35. The molecule has 0 aromatic heterocycles. The highest BCUT2D eigenvalue weighted by Gasteiger charge is 2.34. The van der Waals surface area contributed by atoms with Gasteiger partial charge in [-0.3, -0.25) is 4.79 Å². The van der Waals surface area contributed by atoms with Crippen LogP contribution in [-0.4, -0.2) is 31.4 Å². The summed E-state index contributed by atoms with van der Waals surface area (Å²) < 4.78 is 41.7. The summed E-state index contributed by atoms with van der Waals surface area (Å²) in [6, 6.07) is 14.9. The molecule has 4 nitrogen and oxygen atoms in total. The van der Waals surface area contributed by atoms with Crippen LogP contribution in [0.2, 0.25) is 0 Å². The predicted molar refractivity (Wildman–Crippen MR) is 98.3 cm³/mol. The molecule has 1 saturated heterocycles. The van der Waals surface area contributed by atoms with E-state index in [1.54, 1.807) is 0 Å². The molecule has 1 fully saturated rings. The van der Waals surface area contributed by atoms with E-state index in [0.29, 0.717) is 13.0 Å². The lowest BCUT2D eigenvalue weighted by Crippen LogP contribution is -2.48. The van der Waals surface area contributed by atoms with Crippen molar-refractivity contribution in [3.8, 4) is 5.75 Å². The summed E-state index contributed by atoms with van der Waals surface area (Å²) in [5, 5.41) is 6.18. The Balaban J connectivity index is 0.00000261. The molecular weight excluding hydrogens is 381 g/mol. The van der Waals surface area contributed by atoms with E-state index < -0.39 is 18.0 Å². The first-order chi connectivity index (χ1) is 12.4. The average Bonchev–Trinajstić information content (AvgIpc) is 2.62. The first kappa shape index (κ1) is 21.1. The van der Waals surface area contributed by atoms with Gasteiger partial charge in [0.05, 0.1) is 5.56 Å². The van der Waals surface area contributed by atoms with Crippen LogP contribution < -0.4 is 15.4 Å². The molecule has 2 aromatic carbocycles. The van der Waals surface area contributed by atoms with E-state index in [0.717, 1.165) is 18.2 Å². The van der Waals surface area contributed by atoms with E-state index in [1.807, 2.05) is 30.3 Å². The van der Waals surface area contributed by atoms with E-state index in [-0.39, 0.29) is 29.9 Å². The topological polar surface area (TPSA) is 50.4 Å². The number of carbonyl (C=O) groups excluding carboxylic acids is 1. The normalized spacial score (nSPS) is 19.7. The molecular formula is C19H20ClF3N2O2. The Bertz CT molecular complexity index is 756. The summed E-state index contributed by atoms with van der Waals surface area (Å²) in [5.74, 6) is -1.02. The van der Waals surface area contributed by atoms with E-state index in [1.165, 1.54) is 18.2 Å². The van der Waals surface area contributed by atoms with E-state index in [4.69, 9.17) is 0 Å². The van der Waals surface area contributed by atoms with Crippen molar-refractivity contribution in [1.29, 1.82) is 0 Å². The van der Waals surface area contributed by atoms with Gasteiger partial charge in [0.2, 0.25) is 0 Å². The van der Waals surface area contributed by atoms with Gasteiger partial charge in [0.15, 0.2) is 0 Å². The van der Waals surface area contributed by atoms with Crippen LogP contribution in [-0.2, 0) is 0 Å². The number of carbonyl (C=O) groups is 1. The number of benzene rings is 2. The van der Waals surface area contributed by atoms with Crippen LogP contribution >= 0.6 is 12.4 Å². The summed E-state index contributed by atoms with van der Waals surface area (Å²) in [4.78, 5) is 12.6. The minimum absolute atomic E-state index is 0. The van der Waals surface area contributed by atoms with Crippen molar-refractivity contribution in [1.82, 2.24) is 10.6 Å². The zero-order valence-electron chi connectivity index (χ0n) is 14.3. The van der Waals surface area contributed by atoms with Crippen molar-refractivity contribution < 1.29 is 22.7 Å². The van der Waals surface area contributed by atoms with Crippen molar-refractivity contribution in [2.75, 3.05) is 13.1 Å². The quantitative estimate of drug-likeness (QED) is 0.818. The molecule has 2 N–H and O–H groups in total. The zero-order chi connectivity index (χ0) is 18.6. The van der Waals surface area contributed by atoms with Gasteiger partial charge in [-0.2, -0.15) is 0 Å². The van der Waals surface area contributed by atoms with Crippen molar-refractivity contribution in [2.24, 2.45) is 0 Å². The fourth-order valence-corrected chi connectivity index (χ4v) is 3.20. The number of amides is 1. The molecule has 0 bridgehead atoms. The third-order valence-electron chi connectivity index (χ3n) is 4.38. The molecule has 0 radical (unpaired) electrons. The molecule has 0 saturated carbocycles. The molecule has 8 heteroatoms. The Kier molecular flexibility index (Phi) is 7.10. The van der Waals surface area contributed by atoms with E-state index >= 15 is 0 Å². The zero-order valence-corrected chi connectivity index (χ0v) is 15.1. The number of rotatable bonds is 4. The summed E-state index contributed by atoms with van der Waals surface area (Å²) in [6.07, 6.45) is -4.16. The molecule has 1 aliphatic rings. The fourth-order valence-electron chi connectivity index (χ4n) is 3.20. The van der Waals surface area contributed by atoms with Crippen LogP contribution in [0.5, 0.6) is 5.75 Å². The Morgan fingerprint density at radius 1 is 1.07 bits per heavy atom. The second-order valence-electron chi connectivity index (χ2n) is 6.13. The number of alkyl halides is 3. The maximum Gasteiger partial charge on any atom is 0.573 e. The van der Waals surface area contributed by atoms with Crippen molar-refractivity contribution in [2.45, 2.75) is 24.7 Å². The molecule has 0 aliphatic carbocycles. The minimum atomic E-state index is -4.85. The standard InChI is InChI=1S/C19H19F3N2O2.ClH/c20-19(21,22)26-17-9-5-4-8-14(17)18(25)24-16-10-11-23-12-15(16)13-6-2-1-3-7-13;/h1-9,15-16,23H,10-12H2,(H,24,25);1H/t15-,16-;/m1./s1. The molecule has 0 spiro atoms. The predicted octanol–water partition coefficient (Wildman–Crippen LogP) is 3.88. The molecule has 2 atom stereocenters. The number of ether oxygens (including phenoxy) is 1. The second-order valence-corrected chi connectivity index (χ2v) is 6.13. The Morgan fingerprint density at radius 2 is 1.74 bits per heavy atom. The Labute approximate surface area is 161 Å². The minimum Gasteiger partial charge on any atom is -0.405 e. The van der Waals surface area contributed by atoms with Crippen LogP contribution in [0.4, 0.5) is 13.2 Å². The van der Waals surface area contributed by atoms with E-state index in [2.05, 4.69) is 15.4 Å². The summed E-state index contributed by atoms with van der Waals surface area (Å²) in [6.45, 7) is 1.42. The van der Waals surface area contributed by atoms with Crippen molar-refractivity contribution in [3.63, 3.8) is 0 Å². The maximum atomic E-state index is 12.6. The highest BCUT2D eigenvalue weighted by atomic mass is 35.5. The van der Waals surface area contributed by atoms with E-state index in [9.17, 15) is 18.0 Å².